The molecule has 6 nitrogen and oxygen atoms in total. The van der Waals surface area contributed by atoms with Crippen LogP contribution in [0.3, 0.4) is 0 Å². The summed E-state index contributed by atoms with van der Waals surface area (Å²) in [5, 5.41) is 0. The summed E-state index contributed by atoms with van der Waals surface area (Å²) in [5.41, 5.74) is 5.69. The van der Waals surface area contributed by atoms with Crippen LogP contribution in [0.2, 0.25) is 0 Å². The van der Waals surface area contributed by atoms with Crippen molar-refractivity contribution in [3.8, 4) is 0 Å². The van der Waals surface area contributed by atoms with Crippen molar-refractivity contribution in [3.63, 3.8) is 0 Å². The quantitative estimate of drug-likeness (QED) is 0.893. The molecule has 0 saturated carbocycles. The maximum atomic E-state index is 13.0. The number of aryl methyl sites for hydroxylation is 1. The van der Waals surface area contributed by atoms with E-state index in [-0.39, 0.29) is 18.1 Å². The van der Waals surface area contributed by atoms with Gasteiger partial charge in [0.2, 0.25) is 11.8 Å². The third kappa shape index (κ3) is 3.22. The van der Waals surface area contributed by atoms with Gasteiger partial charge in [-0.25, -0.2) is 4.39 Å². The van der Waals surface area contributed by atoms with Gasteiger partial charge >= 0.3 is 0 Å². The Bertz CT molecular complexity index is 766. The molecule has 0 bridgehead atoms. The van der Waals surface area contributed by atoms with Gasteiger partial charge in [0.15, 0.2) is 5.54 Å². The van der Waals surface area contributed by atoms with E-state index >= 15 is 0 Å². The fourth-order valence-electron chi connectivity index (χ4n) is 3.36. The minimum atomic E-state index is -1.24. The lowest BCUT2D eigenvalue weighted by Crippen LogP contribution is -2.54. The standard InChI is InChI=1S/C18H19FN4O2/c19-14-5-2-13(3-6-14)4-7-16(24)23-11-1-8-18(23,17(20)25)15-12-21-9-10-22-15/h2-3,5-6,9-10,12H,1,4,7-8,11H2,(H2,20,25)/t18-/m0/s1. The van der Waals surface area contributed by atoms with E-state index in [1.165, 1.54) is 35.6 Å². The minimum absolute atomic E-state index is 0.175. The number of hydrogen-bond donors (Lipinski definition) is 1. The number of halogens is 1. The van der Waals surface area contributed by atoms with Crippen molar-refractivity contribution in [2.24, 2.45) is 5.73 Å². The lowest BCUT2D eigenvalue weighted by Gasteiger charge is -2.35. The lowest BCUT2D eigenvalue weighted by atomic mass is 9.90. The van der Waals surface area contributed by atoms with E-state index in [2.05, 4.69) is 9.97 Å². The minimum Gasteiger partial charge on any atom is -0.367 e. The van der Waals surface area contributed by atoms with Gasteiger partial charge in [-0.1, -0.05) is 12.1 Å². The maximum Gasteiger partial charge on any atom is 0.249 e. The Labute approximate surface area is 144 Å². The van der Waals surface area contributed by atoms with Crippen molar-refractivity contribution in [1.29, 1.82) is 0 Å². The molecule has 25 heavy (non-hydrogen) atoms. The van der Waals surface area contributed by atoms with E-state index in [9.17, 15) is 14.0 Å². The highest BCUT2D eigenvalue weighted by molar-refractivity contribution is 5.91. The predicted octanol–water partition coefficient (Wildman–Crippen LogP) is 1.55. The third-order valence-corrected chi connectivity index (χ3v) is 4.62. The number of hydrogen-bond acceptors (Lipinski definition) is 4. The van der Waals surface area contributed by atoms with Crippen molar-refractivity contribution < 1.29 is 14.0 Å². The fourth-order valence-corrected chi connectivity index (χ4v) is 3.36. The van der Waals surface area contributed by atoms with Crippen molar-refractivity contribution in [3.05, 3.63) is 59.9 Å². The van der Waals surface area contributed by atoms with E-state index in [0.717, 1.165) is 5.56 Å². The van der Waals surface area contributed by atoms with Crippen molar-refractivity contribution in [2.45, 2.75) is 31.2 Å². The Morgan fingerprint density at radius 1 is 1.24 bits per heavy atom. The molecule has 1 aliphatic heterocycles. The molecule has 1 aromatic carbocycles. The highest BCUT2D eigenvalue weighted by atomic mass is 19.1. The SMILES string of the molecule is NC(=O)[C@@]1(c2cnccn2)CCCN1C(=O)CCc1ccc(F)cc1. The Hall–Kier alpha value is -2.83. The lowest BCUT2D eigenvalue weighted by molar-refractivity contribution is -0.144. The van der Waals surface area contributed by atoms with Gasteiger partial charge in [-0.15, -0.1) is 0 Å². The van der Waals surface area contributed by atoms with Gasteiger partial charge in [-0.3, -0.25) is 19.6 Å². The van der Waals surface area contributed by atoms with E-state index in [1.807, 2.05) is 0 Å². The van der Waals surface area contributed by atoms with Gasteiger partial charge in [0, 0.05) is 25.4 Å². The molecule has 3 rings (SSSR count). The van der Waals surface area contributed by atoms with Crippen LogP contribution in [-0.2, 0) is 21.5 Å². The predicted molar refractivity (Wildman–Crippen MR) is 88.6 cm³/mol. The van der Waals surface area contributed by atoms with Gasteiger partial charge in [0.1, 0.15) is 5.82 Å². The summed E-state index contributed by atoms with van der Waals surface area (Å²) in [5.74, 6) is -1.09. The summed E-state index contributed by atoms with van der Waals surface area (Å²) in [6, 6.07) is 6.03. The molecule has 0 unspecified atom stereocenters. The molecule has 1 atom stereocenters. The summed E-state index contributed by atoms with van der Waals surface area (Å²) in [6.07, 6.45) is 6.25. The molecule has 130 valence electrons. The zero-order valence-corrected chi connectivity index (χ0v) is 13.7. The van der Waals surface area contributed by atoms with Crippen LogP contribution >= 0.6 is 0 Å². The van der Waals surface area contributed by atoms with Crippen molar-refractivity contribution in [1.82, 2.24) is 14.9 Å². The molecule has 0 aliphatic carbocycles. The van der Waals surface area contributed by atoms with Crippen LogP contribution in [0.15, 0.2) is 42.9 Å². The molecule has 1 saturated heterocycles. The van der Waals surface area contributed by atoms with Crippen molar-refractivity contribution in [2.75, 3.05) is 6.54 Å². The van der Waals surface area contributed by atoms with Crippen molar-refractivity contribution >= 4 is 11.8 Å². The fraction of sp³-hybridized carbons (Fsp3) is 0.333. The molecule has 2 amide bonds. The van der Waals surface area contributed by atoms with Gasteiger partial charge in [-0.05, 0) is 37.0 Å². The first kappa shape index (κ1) is 17.0. The van der Waals surface area contributed by atoms with Gasteiger partial charge in [-0.2, -0.15) is 0 Å². The van der Waals surface area contributed by atoms with Crippen LogP contribution in [0.4, 0.5) is 4.39 Å². The van der Waals surface area contributed by atoms with Crippen LogP contribution in [0.25, 0.3) is 0 Å². The zero-order chi connectivity index (χ0) is 17.9. The number of nitrogens with two attached hydrogens (primary N) is 1. The second-order valence-electron chi connectivity index (χ2n) is 6.09. The van der Waals surface area contributed by atoms with Gasteiger partial charge in [0.05, 0.1) is 11.9 Å². The molecule has 1 fully saturated rings. The van der Waals surface area contributed by atoms with Crippen LogP contribution in [0, 0.1) is 5.82 Å². The number of rotatable bonds is 5. The number of benzene rings is 1. The van der Waals surface area contributed by atoms with Crippen LogP contribution in [-0.4, -0.2) is 33.2 Å². The number of aromatic nitrogens is 2. The molecular formula is C18H19FN4O2. The van der Waals surface area contributed by atoms with Crippen LogP contribution in [0.1, 0.15) is 30.5 Å². The van der Waals surface area contributed by atoms with Gasteiger partial charge in [0.25, 0.3) is 0 Å². The zero-order valence-electron chi connectivity index (χ0n) is 13.7. The number of carbonyl (C=O) groups is 2. The highest BCUT2D eigenvalue weighted by Gasteiger charge is 2.51. The molecule has 1 aromatic heterocycles. The summed E-state index contributed by atoms with van der Waals surface area (Å²) in [4.78, 5) is 34.8. The highest BCUT2D eigenvalue weighted by Crippen LogP contribution is 2.38. The number of nitrogens with zero attached hydrogens (tertiary/aromatic N) is 3. The molecule has 7 heteroatoms. The summed E-state index contributed by atoms with van der Waals surface area (Å²) < 4.78 is 13.0. The van der Waals surface area contributed by atoms with Crippen LogP contribution in [0.5, 0.6) is 0 Å². The Morgan fingerprint density at radius 2 is 2.00 bits per heavy atom. The molecule has 0 spiro atoms. The maximum absolute atomic E-state index is 13.0. The summed E-state index contributed by atoms with van der Waals surface area (Å²) in [7, 11) is 0. The molecular weight excluding hydrogens is 323 g/mol. The monoisotopic (exact) mass is 342 g/mol. The van der Waals surface area contributed by atoms with E-state index in [1.54, 1.807) is 12.1 Å². The number of primary amides is 1. The number of amides is 2. The second kappa shape index (κ2) is 6.96. The average Bonchev–Trinajstić information content (AvgIpc) is 3.08. The first-order chi connectivity index (χ1) is 12.0. The topological polar surface area (TPSA) is 89.2 Å². The molecule has 2 N–H and O–H groups in total. The number of likely N-dealkylation sites (tertiary alicyclic amines) is 1. The molecule has 2 heterocycles. The van der Waals surface area contributed by atoms with Crippen LogP contribution < -0.4 is 5.73 Å². The normalized spacial score (nSPS) is 19.8. The number of carbonyl (C=O) groups excluding carboxylic acids is 2. The Kier molecular flexibility index (Phi) is 4.74. The van der Waals surface area contributed by atoms with E-state index in [0.29, 0.717) is 31.5 Å². The first-order valence-corrected chi connectivity index (χ1v) is 8.15. The van der Waals surface area contributed by atoms with E-state index in [4.69, 9.17) is 5.73 Å². The summed E-state index contributed by atoms with van der Waals surface area (Å²) in [6.45, 7) is 0.446. The summed E-state index contributed by atoms with van der Waals surface area (Å²) >= 11 is 0. The molecule has 2 aromatic rings. The Morgan fingerprint density at radius 3 is 2.64 bits per heavy atom. The molecule has 1 aliphatic rings. The molecule has 0 radical (unpaired) electrons. The largest absolute Gasteiger partial charge is 0.367 e. The smallest absolute Gasteiger partial charge is 0.249 e. The average molecular weight is 342 g/mol. The van der Waals surface area contributed by atoms with Gasteiger partial charge < -0.3 is 10.6 Å². The van der Waals surface area contributed by atoms with E-state index < -0.39 is 11.4 Å². The second-order valence-corrected chi connectivity index (χ2v) is 6.09. The first-order valence-electron chi connectivity index (χ1n) is 8.15. The Balaban J connectivity index is 1.80. The third-order valence-electron chi connectivity index (χ3n) is 4.62.